The van der Waals surface area contributed by atoms with E-state index < -0.39 is 0 Å². The fraction of sp³-hybridized carbons (Fsp3) is 0.583. The Morgan fingerprint density at radius 2 is 2.21 bits per heavy atom. The molecule has 0 aromatic carbocycles. The maximum Gasteiger partial charge on any atom is 0.364 e. The molecule has 0 spiro atoms. The molecule has 1 saturated carbocycles. The summed E-state index contributed by atoms with van der Waals surface area (Å²) in [6.45, 7) is 2.24. The lowest BCUT2D eigenvalue weighted by atomic mass is 10.2. The van der Waals surface area contributed by atoms with Gasteiger partial charge in [0.25, 0.3) is 0 Å². The summed E-state index contributed by atoms with van der Waals surface area (Å²) in [5.41, 5.74) is 0.242. The highest BCUT2D eigenvalue weighted by molar-refractivity contribution is 5.43. The largest absolute Gasteiger partial charge is 0.365 e. The van der Waals surface area contributed by atoms with Crippen LogP contribution in [0.25, 0.3) is 5.65 Å². The molecule has 19 heavy (non-hydrogen) atoms. The van der Waals surface area contributed by atoms with E-state index in [1.54, 1.807) is 6.07 Å². The summed E-state index contributed by atoms with van der Waals surface area (Å²) in [5, 5.41) is 13.9. The van der Waals surface area contributed by atoms with Crippen LogP contribution in [-0.4, -0.2) is 49.9 Å². The third-order valence-electron chi connectivity index (χ3n) is 3.91. The normalized spacial score (nSPS) is 24.1. The van der Waals surface area contributed by atoms with Gasteiger partial charge in [0.2, 0.25) is 0 Å². The lowest BCUT2D eigenvalue weighted by Crippen LogP contribution is -2.28. The number of hydrogen-bond donors (Lipinski definition) is 2. The van der Waals surface area contributed by atoms with Crippen molar-refractivity contribution in [1.82, 2.24) is 24.7 Å². The topological polar surface area (TPSA) is 78.3 Å². The Bertz CT molecular complexity index is 658. The van der Waals surface area contributed by atoms with E-state index in [1.807, 2.05) is 6.07 Å². The number of aromatic amines is 1. The van der Waals surface area contributed by atoms with Gasteiger partial charge in [-0.15, -0.1) is 5.10 Å². The van der Waals surface area contributed by atoms with Crippen LogP contribution in [0, 0.1) is 0 Å². The van der Waals surface area contributed by atoms with Crippen molar-refractivity contribution >= 4 is 11.5 Å². The zero-order valence-electron chi connectivity index (χ0n) is 10.5. The van der Waals surface area contributed by atoms with Crippen molar-refractivity contribution in [2.24, 2.45) is 0 Å². The molecule has 4 rings (SSSR count). The van der Waals surface area contributed by atoms with Crippen molar-refractivity contribution in [2.45, 2.75) is 31.3 Å². The maximum atomic E-state index is 11.5. The number of aromatic nitrogens is 4. The van der Waals surface area contributed by atoms with Gasteiger partial charge < -0.3 is 5.32 Å². The number of anilines is 1. The first-order chi connectivity index (χ1) is 9.29. The lowest BCUT2D eigenvalue weighted by Gasteiger charge is -2.15. The fourth-order valence-corrected chi connectivity index (χ4v) is 2.77. The minimum Gasteiger partial charge on any atom is -0.365 e. The molecule has 7 heteroatoms. The number of H-pyrrole nitrogens is 1. The van der Waals surface area contributed by atoms with E-state index >= 15 is 0 Å². The van der Waals surface area contributed by atoms with Crippen LogP contribution >= 0.6 is 0 Å². The van der Waals surface area contributed by atoms with Crippen LogP contribution in [-0.2, 0) is 0 Å². The summed E-state index contributed by atoms with van der Waals surface area (Å²) in [4.78, 5) is 14.0. The van der Waals surface area contributed by atoms with Crippen LogP contribution in [0.1, 0.15) is 19.3 Å². The molecular formula is C12H16N6O. The Morgan fingerprint density at radius 1 is 1.32 bits per heavy atom. The number of nitrogens with one attached hydrogen (secondary N) is 2. The molecule has 1 unspecified atom stereocenters. The zero-order valence-corrected chi connectivity index (χ0v) is 10.5. The molecule has 1 saturated heterocycles. The Morgan fingerprint density at radius 3 is 3.05 bits per heavy atom. The van der Waals surface area contributed by atoms with Gasteiger partial charge in [-0.2, -0.15) is 9.61 Å². The second-order valence-electron chi connectivity index (χ2n) is 5.37. The molecular weight excluding hydrogens is 244 g/mol. The van der Waals surface area contributed by atoms with Gasteiger partial charge in [0.05, 0.1) is 0 Å². The van der Waals surface area contributed by atoms with Crippen molar-refractivity contribution in [3.8, 4) is 0 Å². The standard InChI is InChI=1S/C12H16N6O/c19-12-15-14-11-4-3-10(16-18(11)12)13-8-5-6-17(7-8)9-1-2-9/h3-4,8-9H,1-2,5-7H2,(H,13,16)(H,15,19). The SMILES string of the molecule is O=c1[nH]nc2ccc(NC3CCN(C4CC4)C3)nn12. The predicted molar refractivity (Wildman–Crippen MR) is 70.2 cm³/mol. The summed E-state index contributed by atoms with van der Waals surface area (Å²) in [5.74, 6) is 0.735. The second-order valence-corrected chi connectivity index (χ2v) is 5.37. The van der Waals surface area contributed by atoms with Crippen LogP contribution in [0.3, 0.4) is 0 Å². The predicted octanol–water partition coefficient (Wildman–Crippen LogP) is 0.0662. The van der Waals surface area contributed by atoms with Gasteiger partial charge in [0.1, 0.15) is 5.82 Å². The van der Waals surface area contributed by atoms with Crippen molar-refractivity contribution in [3.63, 3.8) is 0 Å². The molecule has 100 valence electrons. The van der Waals surface area contributed by atoms with E-state index in [0.717, 1.165) is 31.4 Å². The summed E-state index contributed by atoms with van der Waals surface area (Å²) in [6.07, 6.45) is 3.83. The maximum absolute atomic E-state index is 11.5. The molecule has 1 aliphatic carbocycles. The van der Waals surface area contributed by atoms with E-state index in [2.05, 4.69) is 25.5 Å². The van der Waals surface area contributed by atoms with Crippen molar-refractivity contribution in [3.05, 3.63) is 22.6 Å². The van der Waals surface area contributed by atoms with E-state index in [1.165, 1.54) is 17.4 Å². The van der Waals surface area contributed by atoms with Crippen molar-refractivity contribution in [1.29, 1.82) is 0 Å². The minimum absolute atomic E-state index is 0.301. The van der Waals surface area contributed by atoms with E-state index in [4.69, 9.17) is 0 Å². The Kier molecular flexibility index (Phi) is 2.34. The third-order valence-corrected chi connectivity index (χ3v) is 3.91. The highest BCUT2D eigenvalue weighted by Gasteiger charge is 2.34. The number of rotatable bonds is 3. The smallest absolute Gasteiger partial charge is 0.364 e. The highest BCUT2D eigenvalue weighted by Crippen LogP contribution is 2.30. The monoisotopic (exact) mass is 260 g/mol. The first-order valence-electron chi connectivity index (χ1n) is 6.75. The van der Waals surface area contributed by atoms with Crippen molar-refractivity contribution in [2.75, 3.05) is 18.4 Å². The molecule has 0 radical (unpaired) electrons. The number of fused-ring (bicyclic) bond motifs is 1. The molecule has 2 aromatic rings. The van der Waals surface area contributed by atoms with Gasteiger partial charge in [-0.05, 0) is 31.4 Å². The molecule has 2 fully saturated rings. The summed E-state index contributed by atoms with van der Waals surface area (Å²) >= 11 is 0. The highest BCUT2D eigenvalue weighted by atomic mass is 16.2. The number of hydrogen-bond acceptors (Lipinski definition) is 5. The molecule has 0 bridgehead atoms. The molecule has 2 aromatic heterocycles. The Balaban J connectivity index is 1.51. The van der Waals surface area contributed by atoms with Crippen LogP contribution in [0.15, 0.2) is 16.9 Å². The average Bonchev–Trinajstić information content (AvgIpc) is 3.07. The third kappa shape index (κ3) is 1.99. The van der Waals surface area contributed by atoms with Gasteiger partial charge in [0, 0.05) is 25.2 Å². The first-order valence-corrected chi connectivity index (χ1v) is 6.75. The lowest BCUT2D eigenvalue weighted by molar-refractivity contribution is 0.326. The van der Waals surface area contributed by atoms with Crippen LogP contribution in [0.5, 0.6) is 0 Å². The molecule has 3 heterocycles. The van der Waals surface area contributed by atoms with Crippen LogP contribution in [0.2, 0.25) is 0 Å². The quantitative estimate of drug-likeness (QED) is 0.816. The second kappa shape index (κ2) is 4.06. The minimum atomic E-state index is -0.301. The molecule has 1 atom stereocenters. The van der Waals surface area contributed by atoms with Gasteiger partial charge in [-0.1, -0.05) is 0 Å². The number of nitrogens with zero attached hydrogens (tertiary/aromatic N) is 4. The molecule has 0 amide bonds. The van der Waals surface area contributed by atoms with E-state index in [-0.39, 0.29) is 5.69 Å². The van der Waals surface area contributed by atoms with Crippen LogP contribution < -0.4 is 11.0 Å². The van der Waals surface area contributed by atoms with E-state index in [0.29, 0.717) is 11.7 Å². The molecule has 1 aliphatic heterocycles. The summed E-state index contributed by atoms with van der Waals surface area (Å²) in [6, 6.07) is 4.91. The number of likely N-dealkylation sites (tertiary alicyclic amines) is 1. The fourth-order valence-electron chi connectivity index (χ4n) is 2.77. The van der Waals surface area contributed by atoms with Gasteiger partial charge in [-0.25, -0.2) is 9.89 Å². The summed E-state index contributed by atoms with van der Waals surface area (Å²) in [7, 11) is 0. The Hall–Kier alpha value is -1.89. The van der Waals surface area contributed by atoms with Gasteiger partial charge in [0.15, 0.2) is 5.65 Å². The van der Waals surface area contributed by atoms with Crippen LogP contribution in [0.4, 0.5) is 5.82 Å². The van der Waals surface area contributed by atoms with Gasteiger partial charge in [-0.3, -0.25) is 4.90 Å². The first kappa shape index (κ1) is 11.0. The molecule has 2 N–H and O–H groups in total. The molecule has 7 nitrogen and oxygen atoms in total. The summed E-state index contributed by atoms with van der Waals surface area (Å²) < 4.78 is 1.29. The molecule has 2 aliphatic rings. The van der Waals surface area contributed by atoms with Crippen molar-refractivity contribution < 1.29 is 0 Å². The van der Waals surface area contributed by atoms with Gasteiger partial charge >= 0.3 is 5.69 Å². The zero-order chi connectivity index (χ0) is 12.8. The average molecular weight is 260 g/mol. The van der Waals surface area contributed by atoms with E-state index in [9.17, 15) is 4.79 Å². The Labute approximate surface area is 109 Å².